The molecule has 0 atom stereocenters. The quantitative estimate of drug-likeness (QED) is 0.470. The summed E-state index contributed by atoms with van der Waals surface area (Å²) in [5, 5.41) is 20.9. The minimum atomic E-state index is -2.35. The second-order valence-electron chi connectivity index (χ2n) is 2.73. The molecule has 4 heteroatoms. The summed E-state index contributed by atoms with van der Waals surface area (Å²) < 4.78 is 0. The number of carbonyl (C=O) groups is 1. The lowest BCUT2D eigenvalue weighted by Crippen LogP contribution is -2.44. The molecule has 14 heavy (non-hydrogen) atoms. The Kier molecular flexibility index (Phi) is 3.01. The van der Waals surface area contributed by atoms with E-state index in [1.165, 1.54) is 12.1 Å². The van der Waals surface area contributed by atoms with Gasteiger partial charge in [-0.15, -0.1) is 0 Å². The first-order valence-electron chi connectivity index (χ1n) is 4.01. The Labute approximate surface area is 81.5 Å². The summed E-state index contributed by atoms with van der Waals surface area (Å²) in [7, 11) is 0. The van der Waals surface area contributed by atoms with Crippen LogP contribution in [-0.2, 0) is 10.7 Å². The molecule has 0 aliphatic rings. The molecule has 0 saturated carbocycles. The lowest BCUT2D eigenvalue weighted by atomic mass is 10.1. The number of aliphatic hydroxyl groups is 2. The van der Waals surface area contributed by atoms with Crippen molar-refractivity contribution in [3.8, 4) is 0 Å². The Morgan fingerprint density at radius 2 is 1.93 bits per heavy atom. The molecule has 0 aromatic heterocycles. The lowest BCUT2D eigenvalue weighted by Gasteiger charge is -2.22. The van der Waals surface area contributed by atoms with E-state index in [9.17, 15) is 15.0 Å². The molecule has 0 bridgehead atoms. The van der Waals surface area contributed by atoms with Crippen LogP contribution in [0.5, 0.6) is 0 Å². The molecule has 0 spiro atoms. The molecule has 4 nitrogen and oxygen atoms in total. The minimum absolute atomic E-state index is 0.190. The van der Waals surface area contributed by atoms with Gasteiger partial charge in [0.15, 0.2) is 0 Å². The molecule has 74 valence electrons. The number of carbonyl (C=O) groups excluding carboxylic acids is 1. The molecule has 0 radical (unpaired) electrons. The highest BCUT2D eigenvalue weighted by atomic mass is 16.5. The van der Waals surface area contributed by atoms with Crippen LogP contribution in [0.3, 0.4) is 0 Å². The van der Waals surface area contributed by atoms with Gasteiger partial charge in [0.1, 0.15) is 0 Å². The second kappa shape index (κ2) is 4.04. The number of amides is 1. The number of rotatable bonds is 3. The molecule has 0 heterocycles. The Hall–Kier alpha value is -1.65. The number of hydrogen-bond donors (Lipinski definition) is 3. The average Bonchev–Trinajstić information content (AvgIpc) is 2.18. The van der Waals surface area contributed by atoms with Crippen LogP contribution >= 0.6 is 0 Å². The number of nitrogens with one attached hydrogen (secondary N) is 1. The minimum Gasteiger partial charge on any atom is -0.345 e. The van der Waals surface area contributed by atoms with Gasteiger partial charge in [-0.3, -0.25) is 10.1 Å². The topological polar surface area (TPSA) is 69.6 Å². The van der Waals surface area contributed by atoms with Gasteiger partial charge < -0.3 is 10.2 Å². The van der Waals surface area contributed by atoms with Crippen molar-refractivity contribution in [2.45, 2.75) is 5.91 Å². The van der Waals surface area contributed by atoms with E-state index in [1.807, 2.05) is 5.32 Å². The largest absolute Gasteiger partial charge is 0.345 e. The normalized spacial score (nSPS) is 10.7. The highest BCUT2D eigenvalue weighted by molar-refractivity contribution is 5.87. The Morgan fingerprint density at radius 1 is 1.36 bits per heavy atom. The molecule has 1 amide bonds. The summed E-state index contributed by atoms with van der Waals surface area (Å²) in [5.74, 6) is -3.01. The maximum Gasteiger partial charge on any atom is 0.275 e. The highest BCUT2D eigenvalue weighted by Gasteiger charge is 2.26. The van der Waals surface area contributed by atoms with Crippen molar-refractivity contribution in [3.63, 3.8) is 0 Å². The van der Waals surface area contributed by atoms with Crippen LogP contribution < -0.4 is 5.32 Å². The molecular weight excluding hydrogens is 182 g/mol. The zero-order chi connectivity index (χ0) is 10.6. The average molecular weight is 193 g/mol. The fourth-order valence-electron chi connectivity index (χ4n) is 0.966. The molecule has 1 aromatic rings. The molecule has 0 aliphatic carbocycles. The zero-order valence-electron chi connectivity index (χ0n) is 7.47. The van der Waals surface area contributed by atoms with Gasteiger partial charge in [0.05, 0.1) is 0 Å². The van der Waals surface area contributed by atoms with Crippen molar-refractivity contribution in [1.29, 1.82) is 0 Å². The molecular formula is C10H11NO3. The van der Waals surface area contributed by atoms with Gasteiger partial charge in [-0.25, -0.2) is 0 Å². The first kappa shape index (κ1) is 10.4. The summed E-state index contributed by atoms with van der Waals surface area (Å²) in [6, 6.07) is 7.98. The van der Waals surface area contributed by atoms with E-state index in [4.69, 9.17) is 0 Å². The van der Waals surface area contributed by atoms with Gasteiger partial charge in [0, 0.05) is 5.56 Å². The smallest absolute Gasteiger partial charge is 0.275 e. The van der Waals surface area contributed by atoms with Gasteiger partial charge in [-0.1, -0.05) is 36.9 Å². The van der Waals surface area contributed by atoms with Gasteiger partial charge >= 0.3 is 0 Å². The molecule has 1 aromatic carbocycles. The summed E-state index contributed by atoms with van der Waals surface area (Å²) in [6.07, 6.45) is 0.962. The van der Waals surface area contributed by atoms with E-state index in [1.54, 1.807) is 18.2 Å². The van der Waals surface area contributed by atoms with Crippen LogP contribution in [0, 0.1) is 0 Å². The molecule has 0 fully saturated rings. The van der Waals surface area contributed by atoms with Crippen LogP contribution in [0.15, 0.2) is 43.0 Å². The molecule has 1 rings (SSSR count). The van der Waals surface area contributed by atoms with Crippen molar-refractivity contribution < 1.29 is 15.0 Å². The molecule has 3 N–H and O–H groups in total. The Bertz CT molecular complexity index is 332. The van der Waals surface area contributed by atoms with Crippen LogP contribution in [0.1, 0.15) is 5.56 Å². The fraction of sp³-hybridized carbons (Fsp3) is 0.100. The van der Waals surface area contributed by atoms with Crippen molar-refractivity contribution in [3.05, 3.63) is 48.6 Å². The van der Waals surface area contributed by atoms with Crippen LogP contribution in [-0.4, -0.2) is 16.1 Å². The van der Waals surface area contributed by atoms with Crippen molar-refractivity contribution >= 4 is 5.91 Å². The van der Waals surface area contributed by atoms with Gasteiger partial charge in [-0.05, 0) is 6.08 Å². The summed E-state index contributed by atoms with van der Waals surface area (Å²) >= 11 is 0. The predicted octanol–water partition coefficient (Wildman–Crippen LogP) is 0.0837. The van der Waals surface area contributed by atoms with Crippen molar-refractivity contribution in [2.24, 2.45) is 0 Å². The predicted molar refractivity (Wildman–Crippen MR) is 50.9 cm³/mol. The first-order chi connectivity index (χ1) is 6.56. The van der Waals surface area contributed by atoms with Gasteiger partial charge in [0.2, 0.25) is 5.91 Å². The molecule has 0 saturated heterocycles. The zero-order valence-corrected chi connectivity index (χ0v) is 7.47. The Balaban J connectivity index is 2.85. The molecule has 0 aliphatic heterocycles. The van der Waals surface area contributed by atoms with Crippen LogP contribution in [0.2, 0.25) is 0 Å². The monoisotopic (exact) mass is 193 g/mol. The lowest BCUT2D eigenvalue weighted by molar-refractivity contribution is -0.195. The van der Waals surface area contributed by atoms with Crippen LogP contribution in [0.4, 0.5) is 0 Å². The van der Waals surface area contributed by atoms with E-state index in [-0.39, 0.29) is 5.56 Å². The fourth-order valence-corrected chi connectivity index (χ4v) is 0.966. The van der Waals surface area contributed by atoms with Gasteiger partial charge in [0.25, 0.3) is 5.91 Å². The van der Waals surface area contributed by atoms with Gasteiger partial charge in [-0.2, -0.15) is 0 Å². The van der Waals surface area contributed by atoms with E-state index in [2.05, 4.69) is 6.58 Å². The first-order valence-corrected chi connectivity index (χ1v) is 4.01. The van der Waals surface area contributed by atoms with Crippen LogP contribution in [0.25, 0.3) is 0 Å². The Morgan fingerprint density at radius 3 is 2.43 bits per heavy atom. The van der Waals surface area contributed by atoms with E-state index in [0.717, 1.165) is 6.08 Å². The standard InChI is InChI=1S/C10H11NO3/c1-2-9(12)11-10(13,14)8-6-4-3-5-7-8/h2-7,13-14H,1H2,(H,11,12). The summed E-state index contributed by atoms with van der Waals surface area (Å²) in [5.41, 5.74) is 0.190. The van der Waals surface area contributed by atoms with Crippen molar-refractivity contribution in [2.75, 3.05) is 0 Å². The third-order valence-corrected chi connectivity index (χ3v) is 1.66. The highest BCUT2D eigenvalue weighted by Crippen LogP contribution is 2.13. The summed E-state index contributed by atoms with van der Waals surface area (Å²) in [6.45, 7) is 3.20. The van der Waals surface area contributed by atoms with E-state index < -0.39 is 11.8 Å². The van der Waals surface area contributed by atoms with E-state index >= 15 is 0 Å². The van der Waals surface area contributed by atoms with Crippen molar-refractivity contribution in [1.82, 2.24) is 5.32 Å². The number of benzene rings is 1. The molecule has 0 unspecified atom stereocenters. The maximum atomic E-state index is 10.9. The third kappa shape index (κ3) is 2.42. The second-order valence-corrected chi connectivity index (χ2v) is 2.73. The third-order valence-electron chi connectivity index (χ3n) is 1.66. The SMILES string of the molecule is C=CC(=O)NC(O)(O)c1ccccc1. The summed E-state index contributed by atoms with van der Waals surface area (Å²) in [4.78, 5) is 10.9. The van der Waals surface area contributed by atoms with E-state index in [0.29, 0.717) is 0 Å². The maximum absolute atomic E-state index is 10.9. The number of hydrogen-bond acceptors (Lipinski definition) is 3.